The fourth-order valence-corrected chi connectivity index (χ4v) is 1.07. The maximum absolute atomic E-state index is 9.28. The summed E-state index contributed by atoms with van der Waals surface area (Å²) in [5, 5.41) is 13.1. The number of rotatable bonds is 2. The average Bonchev–Trinajstić information content (AvgIpc) is 2.10. The number of benzene rings is 1. The molecule has 0 aromatic heterocycles. The highest BCUT2D eigenvalue weighted by atomic mass is 16.6. The van der Waals surface area contributed by atoms with Crippen LogP contribution >= 0.6 is 0 Å². The molecule has 0 aliphatic rings. The summed E-state index contributed by atoms with van der Waals surface area (Å²) in [6.07, 6.45) is 0. The van der Waals surface area contributed by atoms with Gasteiger partial charge in [-0.3, -0.25) is 0 Å². The molecule has 3 nitrogen and oxygen atoms in total. The van der Waals surface area contributed by atoms with Gasteiger partial charge in [-0.25, -0.2) is 0 Å². The Bertz CT molecular complexity index is 332. The van der Waals surface area contributed by atoms with Crippen LogP contribution in [0.5, 0.6) is 5.75 Å². The summed E-state index contributed by atoms with van der Waals surface area (Å²) >= 11 is 0. The maximum atomic E-state index is 9.28. The standard InChI is InChI=1S/C10H13NO2/c1-7-6-9(4-5-10(7)12)8(2)11-13-3/h4-6,12H,1-3H3/b11-8-. The van der Waals surface area contributed by atoms with E-state index >= 15 is 0 Å². The first-order valence-corrected chi connectivity index (χ1v) is 4.03. The molecule has 0 heterocycles. The van der Waals surface area contributed by atoms with Crippen LogP contribution in [0.1, 0.15) is 18.1 Å². The maximum Gasteiger partial charge on any atom is 0.118 e. The van der Waals surface area contributed by atoms with Crippen molar-refractivity contribution in [2.75, 3.05) is 7.11 Å². The summed E-state index contributed by atoms with van der Waals surface area (Å²) in [5.74, 6) is 0.300. The van der Waals surface area contributed by atoms with Crippen molar-refractivity contribution >= 4 is 5.71 Å². The Morgan fingerprint density at radius 3 is 2.69 bits per heavy atom. The first-order valence-electron chi connectivity index (χ1n) is 4.03. The lowest BCUT2D eigenvalue weighted by atomic mass is 10.1. The number of phenols is 1. The van der Waals surface area contributed by atoms with Crippen molar-refractivity contribution in [1.29, 1.82) is 0 Å². The molecule has 3 heteroatoms. The highest BCUT2D eigenvalue weighted by molar-refractivity contribution is 5.98. The zero-order chi connectivity index (χ0) is 9.84. The topological polar surface area (TPSA) is 41.8 Å². The SMILES string of the molecule is CO/N=C(/C)c1ccc(O)c(C)c1. The van der Waals surface area contributed by atoms with E-state index in [1.165, 1.54) is 7.11 Å². The number of hydrogen-bond acceptors (Lipinski definition) is 3. The minimum atomic E-state index is 0.300. The van der Waals surface area contributed by atoms with E-state index in [2.05, 4.69) is 9.99 Å². The van der Waals surface area contributed by atoms with Gasteiger partial charge in [-0.05, 0) is 43.2 Å². The van der Waals surface area contributed by atoms with E-state index in [0.717, 1.165) is 16.8 Å². The Labute approximate surface area is 77.6 Å². The second-order valence-corrected chi connectivity index (χ2v) is 2.86. The third-order valence-corrected chi connectivity index (χ3v) is 1.84. The van der Waals surface area contributed by atoms with Gasteiger partial charge in [0.15, 0.2) is 0 Å². The molecule has 0 saturated heterocycles. The molecule has 70 valence electrons. The highest BCUT2D eigenvalue weighted by Crippen LogP contribution is 2.17. The smallest absolute Gasteiger partial charge is 0.118 e. The van der Waals surface area contributed by atoms with Crippen molar-refractivity contribution in [3.05, 3.63) is 29.3 Å². The van der Waals surface area contributed by atoms with E-state index in [1.54, 1.807) is 12.1 Å². The van der Waals surface area contributed by atoms with Gasteiger partial charge < -0.3 is 9.94 Å². The molecule has 0 amide bonds. The minimum Gasteiger partial charge on any atom is -0.508 e. The predicted octanol–water partition coefficient (Wildman–Crippen LogP) is 2.07. The van der Waals surface area contributed by atoms with Crippen molar-refractivity contribution < 1.29 is 9.94 Å². The van der Waals surface area contributed by atoms with Crippen molar-refractivity contribution in [1.82, 2.24) is 0 Å². The van der Waals surface area contributed by atoms with Gasteiger partial charge in [-0.1, -0.05) is 5.16 Å². The summed E-state index contributed by atoms with van der Waals surface area (Å²) in [4.78, 5) is 4.65. The van der Waals surface area contributed by atoms with Gasteiger partial charge in [0.25, 0.3) is 0 Å². The normalized spacial score (nSPS) is 11.5. The van der Waals surface area contributed by atoms with Gasteiger partial charge in [0.2, 0.25) is 0 Å². The van der Waals surface area contributed by atoms with Crippen molar-refractivity contribution in [2.24, 2.45) is 5.16 Å². The number of aromatic hydroxyl groups is 1. The van der Waals surface area contributed by atoms with Gasteiger partial charge in [0.05, 0.1) is 5.71 Å². The van der Waals surface area contributed by atoms with Crippen LogP contribution in [0.2, 0.25) is 0 Å². The van der Waals surface area contributed by atoms with Gasteiger partial charge in [-0.15, -0.1) is 0 Å². The molecule has 0 aliphatic heterocycles. The van der Waals surface area contributed by atoms with E-state index in [-0.39, 0.29) is 0 Å². The van der Waals surface area contributed by atoms with E-state index in [4.69, 9.17) is 0 Å². The third-order valence-electron chi connectivity index (χ3n) is 1.84. The van der Waals surface area contributed by atoms with Crippen LogP contribution in [0.25, 0.3) is 0 Å². The summed E-state index contributed by atoms with van der Waals surface area (Å²) in [6, 6.07) is 5.33. The second-order valence-electron chi connectivity index (χ2n) is 2.86. The van der Waals surface area contributed by atoms with Crippen LogP contribution in [0.4, 0.5) is 0 Å². The van der Waals surface area contributed by atoms with Crippen LogP contribution < -0.4 is 0 Å². The predicted molar refractivity (Wildman–Crippen MR) is 52.1 cm³/mol. The molecule has 0 saturated carbocycles. The van der Waals surface area contributed by atoms with Crippen molar-refractivity contribution in [3.8, 4) is 5.75 Å². The van der Waals surface area contributed by atoms with Crippen LogP contribution in [0.15, 0.2) is 23.4 Å². The molecule has 1 aromatic rings. The molecule has 0 atom stereocenters. The Kier molecular flexibility index (Phi) is 2.90. The van der Waals surface area contributed by atoms with Crippen LogP contribution in [-0.2, 0) is 4.84 Å². The summed E-state index contributed by atoms with van der Waals surface area (Å²) in [6.45, 7) is 3.70. The molecule has 1 rings (SSSR count). The third kappa shape index (κ3) is 2.21. The van der Waals surface area contributed by atoms with Crippen molar-refractivity contribution in [3.63, 3.8) is 0 Å². The monoisotopic (exact) mass is 179 g/mol. The molecule has 0 radical (unpaired) electrons. The fourth-order valence-electron chi connectivity index (χ4n) is 1.07. The van der Waals surface area contributed by atoms with Gasteiger partial charge in [0.1, 0.15) is 12.9 Å². The van der Waals surface area contributed by atoms with Crippen molar-refractivity contribution in [2.45, 2.75) is 13.8 Å². The van der Waals surface area contributed by atoms with Crippen LogP contribution in [-0.4, -0.2) is 17.9 Å². The minimum absolute atomic E-state index is 0.300. The van der Waals surface area contributed by atoms with E-state index in [0.29, 0.717) is 5.75 Å². The molecule has 1 aromatic carbocycles. The number of oxime groups is 1. The van der Waals surface area contributed by atoms with Gasteiger partial charge >= 0.3 is 0 Å². The molecule has 0 bridgehead atoms. The van der Waals surface area contributed by atoms with E-state index < -0.39 is 0 Å². The van der Waals surface area contributed by atoms with Crippen LogP contribution in [0, 0.1) is 6.92 Å². The van der Waals surface area contributed by atoms with Crippen LogP contribution in [0.3, 0.4) is 0 Å². The molecule has 0 aliphatic carbocycles. The molecule has 0 fully saturated rings. The summed E-state index contributed by atoms with van der Waals surface area (Å²) in [7, 11) is 1.51. The largest absolute Gasteiger partial charge is 0.508 e. The van der Waals surface area contributed by atoms with E-state index in [1.807, 2.05) is 19.9 Å². The number of nitrogens with zero attached hydrogens (tertiary/aromatic N) is 1. The lowest BCUT2D eigenvalue weighted by Crippen LogP contribution is -1.95. The Morgan fingerprint density at radius 2 is 2.15 bits per heavy atom. The lowest BCUT2D eigenvalue weighted by molar-refractivity contribution is 0.213. The molecule has 1 N–H and O–H groups in total. The Balaban J connectivity index is 3.04. The van der Waals surface area contributed by atoms with E-state index in [9.17, 15) is 5.11 Å². The zero-order valence-electron chi connectivity index (χ0n) is 8.03. The summed E-state index contributed by atoms with van der Waals surface area (Å²) in [5.41, 5.74) is 2.59. The van der Waals surface area contributed by atoms with Gasteiger partial charge in [-0.2, -0.15) is 0 Å². The lowest BCUT2D eigenvalue weighted by Gasteiger charge is -2.02. The second kappa shape index (κ2) is 3.94. The first kappa shape index (κ1) is 9.58. The molecular weight excluding hydrogens is 166 g/mol. The first-order chi connectivity index (χ1) is 6.15. The molecule has 0 spiro atoms. The molecule has 0 unspecified atom stereocenters. The Morgan fingerprint density at radius 1 is 1.46 bits per heavy atom. The quantitative estimate of drug-likeness (QED) is 0.557. The average molecular weight is 179 g/mol. The molecule has 13 heavy (non-hydrogen) atoms. The highest BCUT2D eigenvalue weighted by Gasteiger charge is 2.00. The number of hydrogen-bond donors (Lipinski definition) is 1. The number of phenolic OH excluding ortho intramolecular Hbond substituents is 1. The number of aryl methyl sites for hydroxylation is 1. The zero-order valence-corrected chi connectivity index (χ0v) is 8.03. The summed E-state index contributed by atoms with van der Waals surface area (Å²) < 4.78 is 0. The van der Waals surface area contributed by atoms with Gasteiger partial charge in [0, 0.05) is 0 Å². The molecular formula is C10H13NO2. The fraction of sp³-hybridized carbons (Fsp3) is 0.300. The Hall–Kier alpha value is -1.51.